The number of fused-ring (bicyclic) bond motifs is 2. The number of rotatable bonds is 4. The van der Waals surface area contributed by atoms with E-state index in [2.05, 4.69) is 10.2 Å². The molecule has 0 saturated carbocycles. The van der Waals surface area contributed by atoms with Crippen LogP contribution < -0.4 is 5.32 Å². The number of methoxy groups -OCH3 is 1. The third-order valence-electron chi connectivity index (χ3n) is 4.40. The molecule has 2 unspecified atom stereocenters. The summed E-state index contributed by atoms with van der Waals surface area (Å²) < 4.78 is 4.86. The van der Waals surface area contributed by atoms with Gasteiger partial charge in [-0.1, -0.05) is 0 Å². The molecule has 5 heteroatoms. The Balaban J connectivity index is 0.00000180. The zero-order valence-corrected chi connectivity index (χ0v) is 13.1. The third kappa shape index (κ3) is 4.33. The van der Waals surface area contributed by atoms with Crippen LogP contribution >= 0.6 is 12.4 Å². The molecule has 0 amide bonds. The molecule has 112 valence electrons. The summed E-state index contributed by atoms with van der Waals surface area (Å²) >= 11 is 0. The van der Waals surface area contributed by atoms with Crippen molar-refractivity contribution in [3.63, 3.8) is 0 Å². The predicted octanol–water partition coefficient (Wildman–Crippen LogP) is 1.82. The van der Waals surface area contributed by atoms with Gasteiger partial charge in [0.05, 0.1) is 12.5 Å². The standard InChI is InChI=1S/C14H26N2O2.ClH/c1-14(2,13(17)18-3)7-9-16-8-6-11-4-5-12(10-16)15-11;/h11-12,15H,4-10H2,1-3H3;1H. The minimum absolute atomic E-state index is 0. The number of carbonyl (C=O) groups excluding carboxylic acids is 1. The minimum atomic E-state index is -0.368. The van der Waals surface area contributed by atoms with Crippen LogP contribution in [0.3, 0.4) is 0 Å². The van der Waals surface area contributed by atoms with E-state index in [4.69, 9.17) is 4.74 Å². The second-order valence-electron chi connectivity index (χ2n) is 6.35. The number of halogens is 1. The summed E-state index contributed by atoms with van der Waals surface area (Å²) in [7, 11) is 1.47. The lowest BCUT2D eigenvalue weighted by Gasteiger charge is -2.28. The molecular formula is C14H27ClN2O2. The fourth-order valence-corrected chi connectivity index (χ4v) is 3.03. The molecule has 2 aliphatic heterocycles. The average Bonchev–Trinajstić information content (AvgIpc) is 2.67. The second-order valence-corrected chi connectivity index (χ2v) is 6.35. The van der Waals surface area contributed by atoms with Crippen LogP contribution in [0.5, 0.6) is 0 Å². The molecule has 19 heavy (non-hydrogen) atoms. The van der Waals surface area contributed by atoms with Gasteiger partial charge in [-0.15, -0.1) is 12.4 Å². The summed E-state index contributed by atoms with van der Waals surface area (Å²) in [6, 6.07) is 1.40. The van der Waals surface area contributed by atoms with Crippen molar-refractivity contribution in [2.24, 2.45) is 5.41 Å². The molecule has 2 atom stereocenters. The topological polar surface area (TPSA) is 41.6 Å². The van der Waals surface area contributed by atoms with Gasteiger partial charge in [-0.3, -0.25) is 4.79 Å². The molecule has 2 aliphatic rings. The number of esters is 1. The highest BCUT2D eigenvalue weighted by molar-refractivity contribution is 5.85. The van der Waals surface area contributed by atoms with Crippen molar-refractivity contribution in [3.8, 4) is 0 Å². The lowest BCUT2D eigenvalue weighted by molar-refractivity contribution is -0.151. The maximum absolute atomic E-state index is 11.6. The number of nitrogens with one attached hydrogen (secondary N) is 1. The van der Waals surface area contributed by atoms with Crippen molar-refractivity contribution in [1.82, 2.24) is 10.2 Å². The highest BCUT2D eigenvalue weighted by Crippen LogP contribution is 2.25. The van der Waals surface area contributed by atoms with Crippen molar-refractivity contribution in [2.75, 3.05) is 26.7 Å². The fraction of sp³-hybridized carbons (Fsp3) is 0.929. The summed E-state index contributed by atoms with van der Waals surface area (Å²) in [5.74, 6) is -0.100. The SMILES string of the molecule is COC(=O)C(C)(C)CCN1CCC2CCC(C1)N2.Cl. The molecule has 1 N–H and O–H groups in total. The van der Waals surface area contributed by atoms with E-state index in [-0.39, 0.29) is 23.8 Å². The van der Waals surface area contributed by atoms with Crippen LogP contribution in [0.1, 0.15) is 39.5 Å². The third-order valence-corrected chi connectivity index (χ3v) is 4.40. The molecule has 4 nitrogen and oxygen atoms in total. The van der Waals surface area contributed by atoms with Gasteiger partial charge in [0.15, 0.2) is 0 Å². The zero-order chi connectivity index (χ0) is 13.2. The molecule has 2 bridgehead atoms. The van der Waals surface area contributed by atoms with Gasteiger partial charge in [0.25, 0.3) is 0 Å². The molecule has 2 saturated heterocycles. The van der Waals surface area contributed by atoms with E-state index >= 15 is 0 Å². The van der Waals surface area contributed by atoms with E-state index < -0.39 is 0 Å². The molecule has 0 spiro atoms. The van der Waals surface area contributed by atoms with Gasteiger partial charge in [0.1, 0.15) is 0 Å². The fourth-order valence-electron chi connectivity index (χ4n) is 3.03. The molecule has 0 aromatic carbocycles. The Kier molecular flexibility index (Phi) is 6.09. The molecule has 0 aromatic rings. The maximum atomic E-state index is 11.6. The van der Waals surface area contributed by atoms with Gasteiger partial charge in [-0.05, 0) is 52.6 Å². The highest BCUT2D eigenvalue weighted by atomic mass is 35.5. The van der Waals surface area contributed by atoms with Crippen LogP contribution in [0.4, 0.5) is 0 Å². The van der Waals surface area contributed by atoms with Crippen molar-refractivity contribution in [2.45, 2.75) is 51.6 Å². The van der Waals surface area contributed by atoms with Crippen LogP contribution in [0.25, 0.3) is 0 Å². The largest absolute Gasteiger partial charge is 0.469 e. The first-order chi connectivity index (χ1) is 8.51. The Labute approximate surface area is 122 Å². The maximum Gasteiger partial charge on any atom is 0.311 e. The summed E-state index contributed by atoms with van der Waals surface area (Å²) in [6.07, 6.45) is 4.76. The Bertz CT molecular complexity index is 310. The van der Waals surface area contributed by atoms with Crippen LogP contribution in [0.2, 0.25) is 0 Å². The molecule has 2 heterocycles. The molecule has 0 aliphatic carbocycles. The summed E-state index contributed by atoms with van der Waals surface area (Å²) in [4.78, 5) is 14.2. The average molecular weight is 291 g/mol. The molecule has 2 rings (SSSR count). The molecule has 0 aromatic heterocycles. The van der Waals surface area contributed by atoms with E-state index in [9.17, 15) is 4.79 Å². The van der Waals surface area contributed by atoms with E-state index in [0.717, 1.165) is 32.1 Å². The van der Waals surface area contributed by atoms with Gasteiger partial charge >= 0.3 is 5.97 Å². The Hall–Kier alpha value is -0.320. The first-order valence-corrected chi connectivity index (χ1v) is 7.08. The number of carbonyl (C=O) groups is 1. The molecule has 0 radical (unpaired) electrons. The molecular weight excluding hydrogens is 264 g/mol. The van der Waals surface area contributed by atoms with Crippen LogP contribution in [0, 0.1) is 5.41 Å². The van der Waals surface area contributed by atoms with E-state index in [1.807, 2.05) is 13.8 Å². The highest BCUT2D eigenvalue weighted by Gasteiger charge is 2.32. The molecule has 2 fully saturated rings. The summed E-state index contributed by atoms with van der Waals surface area (Å²) in [5.41, 5.74) is -0.368. The van der Waals surface area contributed by atoms with Gasteiger partial charge in [-0.2, -0.15) is 0 Å². The Morgan fingerprint density at radius 2 is 2.00 bits per heavy atom. The van der Waals surface area contributed by atoms with Crippen molar-refractivity contribution in [1.29, 1.82) is 0 Å². The summed E-state index contributed by atoms with van der Waals surface area (Å²) in [6.45, 7) is 7.23. The normalized spacial score (nSPS) is 27.5. The smallest absolute Gasteiger partial charge is 0.311 e. The zero-order valence-electron chi connectivity index (χ0n) is 12.3. The van der Waals surface area contributed by atoms with Crippen molar-refractivity contribution in [3.05, 3.63) is 0 Å². The number of nitrogens with zero attached hydrogens (tertiary/aromatic N) is 1. The summed E-state index contributed by atoms with van der Waals surface area (Å²) in [5, 5.41) is 3.68. The number of hydrogen-bond donors (Lipinski definition) is 1. The number of ether oxygens (including phenoxy) is 1. The monoisotopic (exact) mass is 290 g/mol. The van der Waals surface area contributed by atoms with Crippen LogP contribution in [-0.4, -0.2) is 49.7 Å². The van der Waals surface area contributed by atoms with E-state index in [0.29, 0.717) is 6.04 Å². The van der Waals surface area contributed by atoms with Gasteiger partial charge in [0.2, 0.25) is 0 Å². The van der Waals surface area contributed by atoms with Gasteiger partial charge < -0.3 is 15.0 Å². The minimum Gasteiger partial charge on any atom is -0.469 e. The van der Waals surface area contributed by atoms with E-state index in [1.165, 1.54) is 26.4 Å². The first kappa shape index (κ1) is 16.7. The Morgan fingerprint density at radius 3 is 2.68 bits per heavy atom. The van der Waals surface area contributed by atoms with Crippen molar-refractivity contribution >= 4 is 18.4 Å². The van der Waals surface area contributed by atoms with Crippen molar-refractivity contribution < 1.29 is 9.53 Å². The lowest BCUT2D eigenvalue weighted by Crippen LogP contribution is -2.38. The second kappa shape index (κ2) is 6.91. The van der Waals surface area contributed by atoms with E-state index in [1.54, 1.807) is 0 Å². The van der Waals surface area contributed by atoms with Gasteiger partial charge in [0, 0.05) is 18.6 Å². The van der Waals surface area contributed by atoms with Gasteiger partial charge in [-0.25, -0.2) is 0 Å². The quantitative estimate of drug-likeness (QED) is 0.802. The van der Waals surface area contributed by atoms with Crippen LogP contribution in [-0.2, 0) is 9.53 Å². The van der Waals surface area contributed by atoms with Crippen LogP contribution in [0.15, 0.2) is 0 Å². The number of likely N-dealkylation sites (tertiary alicyclic amines) is 1. The number of hydrogen-bond acceptors (Lipinski definition) is 4. The lowest BCUT2D eigenvalue weighted by atomic mass is 9.89. The first-order valence-electron chi connectivity index (χ1n) is 7.08. The Morgan fingerprint density at radius 1 is 1.32 bits per heavy atom. The predicted molar refractivity (Wildman–Crippen MR) is 78.7 cm³/mol.